The highest BCUT2D eigenvalue weighted by atomic mass is 35.5. The van der Waals surface area contributed by atoms with Gasteiger partial charge in [-0.05, 0) is 6.92 Å². The number of ether oxygens (including phenoxy) is 2. The lowest BCUT2D eigenvalue weighted by Crippen LogP contribution is -2.14. The van der Waals surface area contributed by atoms with E-state index in [2.05, 4.69) is 0 Å². The Morgan fingerprint density at radius 1 is 1.27 bits per heavy atom. The minimum absolute atomic E-state index is 0.365. The zero-order valence-electron chi connectivity index (χ0n) is 6.75. The summed E-state index contributed by atoms with van der Waals surface area (Å²) in [5.41, 5.74) is 0. The molecule has 1 N–H and O–H groups in total. The van der Waals surface area contributed by atoms with Crippen molar-refractivity contribution in [2.24, 2.45) is 0 Å². The van der Waals surface area contributed by atoms with Gasteiger partial charge in [-0.3, -0.25) is 0 Å². The summed E-state index contributed by atoms with van der Waals surface area (Å²) in [7, 11) is 0. The van der Waals surface area contributed by atoms with Crippen molar-refractivity contribution in [2.75, 3.05) is 32.3 Å². The van der Waals surface area contributed by atoms with Crippen LogP contribution in [0, 0.1) is 0 Å². The highest BCUT2D eigenvalue weighted by molar-refractivity contribution is 6.17. The molecule has 0 fully saturated rings. The molecule has 68 valence electrons. The molecular weight excluding hydrogens is 168 g/mol. The Kier molecular flexibility index (Phi) is 8.40. The van der Waals surface area contributed by atoms with Crippen LogP contribution in [0.5, 0.6) is 0 Å². The van der Waals surface area contributed by atoms with Gasteiger partial charge in [-0.15, -0.1) is 11.6 Å². The van der Waals surface area contributed by atoms with Crippen LogP contribution in [-0.4, -0.2) is 43.5 Å². The van der Waals surface area contributed by atoms with Crippen LogP contribution in [0.4, 0.5) is 0 Å². The molecule has 4 heteroatoms. The van der Waals surface area contributed by atoms with Crippen LogP contribution in [0.2, 0.25) is 0 Å². The summed E-state index contributed by atoms with van der Waals surface area (Å²) in [6.07, 6.45) is -0.400. The minimum Gasteiger partial charge on any atom is -0.391 e. The molecule has 3 nitrogen and oxygen atoms in total. The van der Waals surface area contributed by atoms with Gasteiger partial charge >= 0.3 is 0 Å². The fourth-order valence-electron chi connectivity index (χ4n) is 0.528. The van der Waals surface area contributed by atoms with Crippen molar-refractivity contribution in [3.63, 3.8) is 0 Å². The maximum atomic E-state index is 8.77. The summed E-state index contributed by atoms with van der Waals surface area (Å²) in [6, 6.07) is 0. The van der Waals surface area contributed by atoms with E-state index in [9.17, 15) is 0 Å². The fourth-order valence-corrected chi connectivity index (χ4v) is 0.637. The van der Waals surface area contributed by atoms with E-state index in [1.54, 1.807) is 6.92 Å². The average Bonchev–Trinajstić information content (AvgIpc) is 1.96. The van der Waals surface area contributed by atoms with E-state index >= 15 is 0 Å². The van der Waals surface area contributed by atoms with Gasteiger partial charge in [0.15, 0.2) is 0 Å². The Labute approximate surface area is 72.3 Å². The molecule has 0 aliphatic carbocycles. The molecule has 11 heavy (non-hydrogen) atoms. The van der Waals surface area contributed by atoms with Crippen LogP contribution < -0.4 is 0 Å². The Morgan fingerprint density at radius 3 is 2.45 bits per heavy atom. The van der Waals surface area contributed by atoms with Gasteiger partial charge in [-0.2, -0.15) is 0 Å². The zero-order chi connectivity index (χ0) is 8.53. The Morgan fingerprint density at radius 2 is 1.91 bits per heavy atom. The van der Waals surface area contributed by atoms with Gasteiger partial charge < -0.3 is 14.6 Å². The third kappa shape index (κ3) is 10.2. The van der Waals surface area contributed by atoms with E-state index in [1.165, 1.54) is 0 Å². The van der Waals surface area contributed by atoms with Gasteiger partial charge in [-0.25, -0.2) is 0 Å². The van der Waals surface area contributed by atoms with Crippen molar-refractivity contribution < 1.29 is 14.6 Å². The van der Waals surface area contributed by atoms with Crippen LogP contribution in [0.1, 0.15) is 6.92 Å². The zero-order valence-corrected chi connectivity index (χ0v) is 7.51. The lowest BCUT2D eigenvalue weighted by Gasteiger charge is -2.05. The van der Waals surface area contributed by atoms with E-state index in [1.807, 2.05) is 0 Å². The summed E-state index contributed by atoms with van der Waals surface area (Å²) >= 11 is 5.36. The SMILES string of the molecule is CC(O)COCCOCCCl. The quantitative estimate of drug-likeness (QED) is 0.464. The van der Waals surface area contributed by atoms with Crippen LogP contribution in [0.3, 0.4) is 0 Å². The van der Waals surface area contributed by atoms with Gasteiger partial charge in [0.05, 0.1) is 32.5 Å². The number of hydrogen-bond acceptors (Lipinski definition) is 3. The maximum absolute atomic E-state index is 8.77. The molecule has 1 unspecified atom stereocenters. The normalized spacial score (nSPS) is 13.4. The topological polar surface area (TPSA) is 38.7 Å². The van der Waals surface area contributed by atoms with E-state index < -0.39 is 6.10 Å². The van der Waals surface area contributed by atoms with E-state index in [0.29, 0.717) is 32.3 Å². The van der Waals surface area contributed by atoms with Crippen LogP contribution in [0.25, 0.3) is 0 Å². The van der Waals surface area contributed by atoms with Gasteiger partial charge in [0.1, 0.15) is 0 Å². The lowest BCUT2D eigenvalue weighted by atomic mass is 10.4. The third-order valence-corrected chi connectivity index (χ3v) is 1.11. The molecule has 0 aromatic rings. The Balaban J connectivity index is 2.80. The van der Waals surface area contributed by atoms with Gasteiger partial charge in [-0.1, -0.05) is 0 Å². The highest BCUT2D eigenvalue weighted by Gasteiger charge is 1.94. The molecule has 0 aliphatic rings. The second kappa shape index (κ2) is 8.27. The molecule has 0 aromatic heterocycles. The predicted octanol–water partition coefficient (Wildman–Crippen LogP) is 0.639. The first-order valence-corrected chi connectivity index (χ1v) is 4.20. The van der Waals surface area contributed by atoms with Crippen molar-refractivity contribution in [3.05, 3.63) is 0 Å². The van der Waals surface area contributed by atoms with Gasteiger partial charge in [0.25, 0.3) is 0 Å². The molecule has 0 aliphatic heterocycles. The van der Waals surface area contributed by atoms with Crippen LogP contribution >= 0.6 is 11.6 Å². The predicted molar refractivity (Wildman–Crippen MR) is 44.0 cm³/mol. The van der Waals surface area contributed by atoms with Crippen LogP contribution in [0.15, 0.2) is 0 Å². The smallest absolute Gasteiger partial charge is 0.0745 e. The van der Waals surface area contributed by atoms with Gasteiger partial charge in [0, 0.05) is 5.88 Å². The standard InChI is InChI=1S/C7H15ClO3/c1-7(9)6-11-5-4-10-3-2-8/h7,9H,2-6H2,1H3. The summed E-state index contributed by atoms with van der Waals surface area (Å²) < 4.78 is 10.0. The molecular formula is C7H15ClO3. The molecule has 0 heterocycles. The van der Waals surface area contributed by atoms with Crippen molar-refractivity contribution in [1.82, 2.24) is 0 Å². The molecule has 0 amide bonds. The van der Waals surface area contributed by atoms with Crippen LogP contribution in [-0.2, 0) is 9.47 Å². The third-order valence-electron chi connectivity index (χ3n) is 0.953. The molecule has 0 aromatic carbocycles. The summed E-state index contributed by atoms with van der Waals surface area (Å²) in [6.45, 7) is 3.66. The van der Waals surface area contributed by atoms with Crippen molar-refractivity contribution in [2.45, 2.75) is 13.0 Å². The van der Waals surface area contributed by atoms with Crippen molar-refractivity contribution in [3.8, 4) is 0 Å². The highest BCUT2D eigenvalue weighted by Crippen LogP contribution is 1.84. The van der Waals surface area contributed by atoms with Gasteiger partial charge in [0.2, 0.25) is 0 Å². The first kappa shape index (κ1) is 11.2. The second-order valence-electron chi connectivity index (χ2n) is 2.23. The molecule has 0 bridgehead atoms. The molecule has 0 rings (SSSR count). The number of aliphatic hydroxyl groups is 1. The number of rotatable bonds is 7. The molecule has 1 atom stereocenters. The Hall–Kier alpha value is 0.170. The molecule has 0 spiro atoms. The number of halogens is 1. The average molecular weight is 183 g/mol. The number of aliphatic hydroxyl groups excluding tert-OH is 1. The molecule has 0 radical (unpaired) electrons. The number of alkyl halides is 1. The Bertz CT molecular complexity index is 78.1. The minimum atomic E-state index is -0.400. The van der Waals surface area contributed by atoms with E-state index in [4.69, 9.17) is 26.2 Å². The number of hydrogen-bond donors (Lipinski definition) is 1. The van der Waals surface area contributed by atoms with E-state index in [-0.39, 0.29) is 0 Å². The molecule has 0 saturated heterocycles. The largest absolute Gasteiger partial charge is 0.391 e. The lowest BCUT2D eigenvalue weighted by molar-refractivity contribution is 0.0124. The first-order valence-electron chi connectivity index (χ1n) is 3.67. The maximum Gasteiger partial charge on any atom is 0.0745 e. The second-order valence-corrected chi connectivity index (χ2v) is 2.60. The summed E-state index contributed by atoms with van der Waals surface area (Å²) in [5.74, 6) is 0.510. The summed E-state index contributed by atoms with van der Waals surface area (Å²) in [4.78, 5) is 0. The van der Waals surface area contributed by atoms with Crippen molar-refractivity contribution >= 4 is 11.6 Å². The van der Waals surface area contributed by atoms with Crippen molar-refractivity contribution in [1.29, 1.82) is 0 Å². The summed E-state index contributed by atoms with van der Waals surface area (Å²) in [5, 5.41) is 8.77. The first-order chi connectivity index (χ1) is 5.27. The monoisotopic (exact) mass is 182 g/mol. The van der Waals surface area contributed by atoms with E-state index in [0.717, 1.165) is 0 Å². The fraction of sp³-hybridized carbons (Fsp3) is 1.00. The molecule has 0 saturated carbocycles.